The number of nitrogens with two attached hydrogens (primary N) is 1. The maximum Gasteiger partial charge on any atom is 0.319 e. The summed E-state index contributed by atoms with van der Waals surface area (Å²) in [6, 6.07) is 11.9. The number of halogens is 1. The van der Waals surface area contributed by atoms with Gasteiger partial charge in [-0.2, -0.15) is 9.97 Å². The minimum Gasteiger partial charge on any atom is -0.508 e. The Morgan fingerprint density at radius 1 is 1.08 bits per heavy atom. The lowest BCUT2D eigenvalue weighted by Gasteiger charge is -2.39. The number of pyridine rings is 1. The summed E-state index contributed by atoms with van der Waals surface area (Å²) >= 11 is 0. The topological polar surface area (TPSA) is 101 Å². The molecule has 0 radical (unpaired) electrons. The van der Waals surface area contributed by atoms with E-state index in [1.54, 1.807) is 18.3 Å². The summed E-state index contributed by atoms with van der Waals surface area (Å²) < 4.78 is 22.6. The molecule has 39 heavy (non-hydrogen) atoms. The smallest absolute Gasteiger partial charge is 0.319 e. The zero-order chi connectivity index (χ0) is 26.7. The summed E-state index contributed by atoms with van der Waals surface area (Å²) in [6.45, 7) is 1.49. The Morgan fingerprint density at radius 2 is 1.87 bits per heavy atom. The number of hydrogen-bond acceptors (Lipinski definition) is 8. The van der Waals surface area contributed by atoms with Crippen LogP contribution in [-0.2, 0) is 0 Å². The van der Waals surface area contributed by atoms with Crippen LogP contribution in [0.3, 0.4) is 0 Å². The molecule has 8 nitrogen and oxygen atoms in total. The molecule has 2 bridgehead atoms. The van der Waals surface area contributed by atoms with E-state index in [1.165, 1.54) is 0 Å². The third kappa shape index (κ3) is 4.24. The van der Waals surface area contributed by atoms with Crippen LogP contribution in [0.2, 0.25) is 0 Å². The molecule has 3 fully saturated rings. The minimum absolute atomic E-state index is 0.0549. The van der Waals surface area contributed by atoms with Crippen molar-refractivity contribution in [2.45, 2.75) is 62.7 Å². The molecule has 4 aromatic rings. The third-order valence-corrected chi connectivity index (χ3v) is 8.84. The molecule has 1 unspecified atom stereocenters. The van der Waals surface area contributed by atoms with Gasteiger partial charge in [0.1, 0.15) is 29.4 Å². The molecule has 2 aromatic heterocycles. The van der Waals surface area contributed by atoms with Gasteiger partial charge in [-0.1, -0.05) is 24.3 Å². The molecular formula is C30H33FN6O2. The van der Waals surface area contributed by atoms with Gasteiger partial charge >= 0.3 is 6.01 Å². The average Bonchev–Trinajstić information content (AvgIpc) is 3.46. The SMILES string of the molecule is CN1CCC[C@H]1COc1nc(N2[C@@H]3CC[C@H]2CC(N)C3)c2cnc(-c3cc(O)cc4ccccc34)c(F)c2n1. The molecule has 3 aliphatic rings. The molecule has 3 aliphatic heterocycles. The lowest BCUT2D eigenvalue weighted by atomic mass is 9.97. The Balaban J connectivity index is 1.38. The van der Waals surface area contributed by atoms with Crippen molar-refractivity contribution in [3.05, 3.63) is 48.4 Å². The predicted octanol–water partition coefficient (Wildman–Crippen LogP) is 4.62. The van der Waals surface area contributed by atoms with E-state index in [2.05, 4.69) is 26.8 Å². The van der Waals surface area contributed by atoms with Crippen molar-refractivity contribution in [3.8, 4) is 23.0 Å². The molecule has 202 valence electrons. The summed E-state index contributed by atoms with van der Waals surface area (Å²) in [5.41, 5.74) is 7.20. The van der Waals surface area contributed by atoms with Crippen LogP contribution >= 0.6 is 0 Å². The first-order valence-electron chi connectivity index (χ1n) is 13.9. The Labute approximate surface area is 226 Å². The van der Waals surface area contributed by atoms with Gasteiger partial charge in [0.25, 0.3) is 0 Å². The second-order valence-electron chi connectivity index (χ2n) is 11.3. The number of piperidine rings is 1. The predicted molar refractivity (Wildman–Crippen MR) is 150 cm³/mol. The van der Waals surface area contributed by atoms with Crippen molar-refractivity contribution in [2.24, 2.45) is 5.73 Å². The first kappa shape index (κ1) is 24.5. The molecule has 0 aliphatic carbocycles. The Bertz CT molecular complexity index is 1550. The van der Waals surface area contributed by atoms with Gasteiger partial charge in [0, 0.05) is 35.9 Å². The van der Waals surface area contributed by atoms with Crippen LogP contribution in [0.4, 0.5) is 10.2 Å². The number of aromatic hydroxyl groups is 1. The van der Waals surface area contributed by atoms with Crippen molar-refractivity contribution in [1.82, 2.24) is 19.9 Å². The van der Waals surface area contributed by atoms with Crippen molar-refractivity contribution < 1.29 is 14.2 Å². The summed E-state index contributed by atoms with van der Waals surface area (Å²) in [4.78, 5) is 18.7. The molecule has 4 atom stereocenters. The van der Waals surface area contributed by atoms with Crippen molar-refractivity contribution >= 4 is 27.5 Å². The Hall–Kier alpha value is -3.56. The summed E-state index contributed by atoms with van der Waals surface area (Å²) in [6.07, 6.45) is 7.70. The number of ether oxygens (including phenoxy) is 1. The van der Waals surface area contributed by atoms with E-state index in [0.717, 1.165) is 55.8 Å². The van der Waals surface area contributed by atoms with E-state index >= 15 is 4.39 Å². The molecule has 9 heteroatoms. The van der Waals surface area contributed by atoms with Gasteiger partial charge in [0.2, 0.25) is 0 Å². The molecule has 2 aromatic carbocycles. The van der Waals surface area contributed by atoms with Gasteiger partial charge in [-0.05, 0) is 75.0 Å². The summed E-state index contributed by atoms with van der Waals surface area (Å²) in [5, 5.41) is 12.6. The number of nitrogens with zero attached hydrogens (tertiary/aromatic N) is 5. The molecule has 0 saturated carbocycles. The monoisotopic (exact) mass is 528 g/mol. The van der Waals surface area contributed by atoms with Gasteiger partial charge in [-0.3, -0.25) is 4.98 Å². The molecule has 3 saturated heterocycles. The van der Waals surface area contributed by atoms with Gasteiger partial charge < -0.3 is 25.4 Å². The van der Waals surface area contributed by atoms with Crippen molar-refractivity contribution in [3.63, 3.8) is 0 Å². The number of phenolic OH excluding ortho intramolecular Hbond substituents is 1. The first-order valence-corrected chi connectivity index (χ1v) is 13.9. The second kappa shape index (κ2) is 9.57. The molecule has 3 N–H and O–H groups in total. The normalized spacial score (nSPS) is 25.2. The van der Waals surface area contributed by atoms with Crippen LogP contribution in [0.25, 0.3) is 32.9 Å². The van der Waals surface area contributed by atoms with Gasteiger partial charge in [0.15, 0.2) is 5.82 Å². The van der Waals surface area contributed by atoms with Gasteiger partial charge in [0.05, 0.1) is 5.39 Å². The van der Waals surface area contributed by atoms with E-state index in [4.69, 9.17) is 15.5 Å². The third-order valence-electron chi connectivity index (χ3n) is 8.84. The maximum atomic E-state index is 16.5. The van der Waals surface area contributed by atoms with Crippen molar-refractivity contribution in [1.29, 1.82) is 0 Å². The van der Waals surface area contributed by atoms with E-state index in [1.807, 2.05) is 24.3 Å². The number of phenols is 1. The van der Waals surface area contributed by atoms with Crippen LogP contribution in [0.15, 0.2) is 42.6 Å². The van der Waals surface area contributed by atoms with Crippen LogP contribution in [0.1, 0.15) is 38.5 Å². The number of fused-ring (bicyclic) bond motifs is 4. The highest BCUT2D eigenvalue weighted by molar-refractivity contribution is 6.00. The highest BCUT2D eigenvalue weighted by Gasteiger charge is 2.41. The maximum absolute atomic E-state index is 16.5. The van der Waals surface area contributed by atoms with Gasteiger partial charge in [-0.15, -0.1) is 0 Å². The molecule has 5 heterocycles. The van der Waals surface area contributed by atoms with Crippen LogP contribution in [0, 0.1) is 5.82 Å². The largest absolute Gasteiger partial charge is 0.508 e. The van der Waals surface area contributed by atoms with E-state index in [-0.39, 0.29) is 47.1 Å². The van der Waals surface area contributed by atoms with Crippen LogP contribution in [-0.4, -0.2) is 69.3 Å². The number of rotatable bonds is 5. The van der Waals surface area contributed by atoms with Crippen LogP contribution in [0.5, 0.6) is 11.8 Å². The lowest BCUT2D eigenvalue weighted by molar-refractivity contribution is 0.188. The van der Waals surface area contributed by atoms with Crippen LogP contribution < -0.4 is 15.4 Å². The quantitative estimate of drug-likeness (QED) is 0.387. The molecule has 7 rings (SSSR count). The number of likely N-dealkylation sites (N-methyl/N-ethyl adjacent to an activating group) is 1. The van der Waals surface area contributed by atoms with Crippen molar-refractivity contribution in [2.75, 3.05) is 25.1 Å². The van der Waals surface area contributed by atoms with Gasteiger partial charge in [-0.25, -0.2) is 4.39 Å². The number of likely N-dealkylation sites (tertiary alicyclic amines) is 1. The number of hydrogen-bond donors (Lipinski definition) is 2. The summed E-state index contributed by atoms with van der Waals surface area (Å²) in [5.74, 6) is 0.183. The summed E-state index contributed by atoms with van der Waals surface area (Å²) in [7, 11) is 2.10. The number of aromatic nitrogens is 3. The first-order chi connectivity index (χ1) is 19.0. The highest BCUT2D eigenvalue weighted by Crippen LogP contribution is 2.42. The highest BCUT2D eigenvalue weighted by atomic mass is 19.1. The number of benzene rings is 2. The molecular weight excluding hydrogens is 495 g/mol. The van der Waals surface area contributed by atoms with E-state index in [0.29, 0.717) is 23.4 Å². The fourth-order valence-electron chi connectivity index (χ4n) is 6.89. The number of anilines is 1. The zero-order valence-electron chi connectivity index (χ0n) is 22.1. The lowest BCUT2D eigenvalue weighted by Crippen LogP contribution is -2.48. The second-order valence-corrected chi connectivity index (χ2v) is 11.3. The molecule has 0 spiro atoms. The molecule has 0 amide bonds. The zero-order valence-corrected chi connectivity index (χ0v) is 22.1. The van der Waals surface area contributed by atoms with E-state index < -0.39 is 5.82 Å². The minimum atomic E-state index is -0.546. The standard InChI is InChI=1S/C30H33FN6O2/c1-36-10-4-6-21(36)16-39-30-34-28-25(29(35-30)37-19-8-9-20(37)13-18(32)12-19)15-33-27(26(28)31)24-14-22(38)11-17-5-2-3-7-23(17)24/h2-3,5,7,11,14-15,18-21,38H,4,6,8-10,12-13,16,32H2,1H3/t18?,19-,20+,21-/m0/s1. The fraction of sp³-hybridized carbons (Fsp3) is 0.433. The Kier molecular flexibility index (Phi) is 6.01. The Morgan fingerprint density at radius 3 is 2.64 bits per heavy atom. The average molecular weight is 529 g/mol. The fourth-order valence-corrected chi connectivity index (χ4v) is 6.89. The van der Waals surface area contributed by atoms with E-state index in [9.17, 15) is 5.11 Å².